The molecule has 0 radical (unpaired) electrons. The van der Waals surface area contributed by atoms with Crippen molar-refractivity contribution in [2.75, 3.05) is 0 Å². The average Bonchev–Trinajstić information content (AvgIpc) is 2.51. The summed E-state index contributed by atoms with van der Waals surface area (Å²) in [5.74, 6) is 0. The maximum absolute atomic E-state index is 10.5. The van der Waals surface area contributed by atoms with Gasteiger partial charge in [0.2, 0.25) is 0 Å². The molecule has 0 spiro atoms. The molecule has 0 saturated carbocycles. The van der Waals surface area contributed by atoms with E-state index in [-0.39, 0.29) is 6.61 Å². The number of hydrogen-bond acceptors (Lipinski definition) is 3. The van der Waals surface area contributed by atoms with Gasteiger partial charge in [0.05, 0.1) is 10.9 Å². The van der Waals surface area contributed by atoms with E-state index >= 15 is 0 Å². The van der Waals surface area contributed by atoms with Gasteiger partial charge in [0, 0.05) is 15.8 Å². The number of carbonyl (C=O) groups excluding carboxylic acids is 1. The average molecular weight is 227 g/mol. The number of thiophene rings is 1. The van der Waals surface area contributed by atoms with Gasteiger partial charge in [-0.1, -0.05) is 23.7 Å². The first-order chi connectivity index (χ1) is 6.76. The van der Waals surface area contributed by atoms with Crippen molar-refractivity contribution in [1.29, 1.82) is 0 Å². The predicted molar refractivity (Wildman–Crippen MR) is 58.1 cm³/mol. The van der Waals surface area contributed by atoms with Crippen LogP contribution in [0.3, 0.4) is 0 Å². The minimum atomic E-state index is -0.0702. The van der Waals surface area contributed by atoms with Crippen molar-refractivity contribution in [1.82, 2.24) is 0 Å². The third-order valence-corrected chi connectivity index (χ3v) is 3.50. The van der Waals surface area contributed by atoms with E-state index < -0.39 is 0 Å². The van der Waals surface area contributed by atoms with E-state index in [9.17, 15) is 4.79 Å². The molecule has 0 fully saturated rings. The first-order valence-electron chi connectivity index (χ1n) is 4.03. The minimum absolute atomic E-state index is 0.0702. The number of aldehydes is 1. The molecular formula is C10H7ClO2S. The van der Waals surface area contributed by atoms with Gasteiger partial charge < -0.3 is 5.11 Å². The van der Waals surface area contributed by atoms with Crippen molar-refractivity contribution in [2.45, 2.75) is 6.61 Å². The van der Waals surface area contributed by atoms with Gasteiger partial charge in [0.25, 0.3) is 0 Å². The van der Waals surface area contributed by atoms with Crippen molar-refractivity contribution in [3.05, 3.63) is 33.7 Å². The molecule has 1 heterocycles. The van der Waals surface area contributed by atoms with Gasteiger partial charge in [-0.15, -0.1) is 11.3 Å². The van der Waals surface area contributed by atoms with Crippen LogP contribution in [0.5, 0.6) is 0 Å². The highest BCUT2D eigenvalue weighted by Crippen LogP contribution is 2.35. The van der Waals surface area contributed by atoms with Gasteiger partial charge in [0.1, 0.15) is 6.29 Å². The van der Waals surface area contributed by atoms with E-state index in [1.807, 2.05) is 6.07 Å². The Morgan fingerprint density at radius 3 is 2.93 bits per heavy atom. The highest BCUT2D eigenvalue weighted by molar-refractivity contribution is 7.22. The molecule has 0 bridgehead atoms. The summed E-state index contributed by atoms with van der Waals surface area (Å²) in [5, 5.41) is 10.0. The van der Waals surface area contributed by atoms with Crippen molar-refractivity contribution in [3.8, 4) is 0 Å². The SMILES string of the molecule is O=Cc1ccc2c(CO)c(Cl)sc2c1. The van der Waals surface area contributed by atoms with Crippen molar-refractivity contribution in [3.63, 3.8) is 0 Å². The van der Waals surface area contributed by atoms with Crippen LogP contribution in [0.2, 0.25) is 4.34 Å². The first-order valence-corrected chi connectivity index (χ1v) is 5.22. The Balaban J connectivity index is 2.74. The van der Waals surface area contributed by atoms with Crippen LogP contribution >= 0.6 is 22.9 Å². The zero-order valence-electron chi connectivity index (χ0n) is 7.16. The number of aliphatic hydroxyl groups is 1. The van der Waals surface area contributed by atoms with Crippen LogP contribution in [0.1, 0.15) is 15.9 Å². The summed E-state index contributed by atoms with van der Waals surface area (Å²) in [7, 11) is 0. The summed E-state index contributed by atoms with van der Waals surface area (Å²) < 4.78 is 1.52. The molecular weight excluding hydrogens is 220 g/mol. The molecule has 1 aromatic heterocycles. The second-order valence-electron chi connectivity index (χ2n) is 2.89. The lowest BCUT2D eigenvalue weighted by Crippen LogP contribution is -1.81. The molecule has 1 N–H and O–H groups in total. The Bertz CT molecular complexity index is 490. The fourth-order valence-electron chi connectivity index (χ4n) is 1.36. The van der Waals surface area contributed by atoms with Crippen LogP contribution in [-0.4, -0.2) is 11.4 Å². The van der Waals surface area contributed by atoms with Crippen LogP contribution < -0.4 is 0 Å². The molecule has 0 aliphatic heterocycles. The van der Waals surface area contributed by atoms with Crippen LogP contribution in [-0.2, 0) is 6.61 Å². The third-order valence-electron chi connectivity index (χ3n) is 2.06. The van der Waals surface area contributed by atoms with Gasteiger partial charge in [-0.2, -0.15) is 0 Å². The standard InChI is InChI=1S/C10H7ClO2S/c11-10-8(5-13)7-2-1-6(4-12)3-9(7)14-10/h1-4,13H,5H2. The molecule has 0 aliphatic rings. The number of carbonyl (C=O) groups is 1. The molecule has 0 aliphatic carbocycles. The van der Waals surface area contributed by atoms with Gasteiger partial charge >= 0.3 is 0 Å². The number of fused-ring (bicyclic) bond motifs is 1. The Morgan fingerprint density at radius 1 is 1.50 bits per heavy atom. The number of rotatable bonds is 2. The summed E-state index contributed by atoms with van der Waals surface area (Å²) in [5.41, 5.74) is 1.36. The molecule has 0 unspecified atom stereocenters. The van der Waals surface area contributed by atoms with E-state index in [1.165, 1.54) is 11.3 Å². The maximum atomic E-state index is 10.5. The summed E-state index contributed by atoms with van der Waals surface area (Å²) >= 11 is 7.31. The van der Waals surface area contributed by atoms with E-state index in [0.717, 1.165) is 21.9 Å². The molecule has 1 aromatic carbocycles. The molecule has 2 nitrogen and oxygen atoms in total. The second kappa shape index (κ2) is 3.69. The Labute approximate surface area is 89.7 Å². The summed E-state index contributed by atoms with van der Waals surface area (Å²) in [6, 6.07) is 5.31. The highest BCUT2D eigenvalue weighted by Gasteiger charge is 2.09. The molecule has 14 heavy (non-hydrogen) atoms. The number of hydrogen-bond donors (Lipinski definition) is 1. The number of halogens is 1. The molecule has 0 amide bonds. The van der Waals surface area contributed by atoms with E-state index in [4.69, 9.17) is 16.7 Å². The van der Waals surface area contributed by atoms with Gasteiger partial charge in [-0.3, -0.25) is 4.79 Å². The lowest BCUT2D eigenvalue weighted by atomic mass is 10.1. The third kappa shape index (κ3) is 1.43. The van der Waals surface area contributed by atoms with Gasteiger partial charge in [0.15, 0.2) is 0 Å². The smallest absolute Gasteiger partial charge is 0.150 e. The largest absolute Gasteiger partial charge is 0.392 e. The summed E-state index contributed by atoms with van der Waals surface area (Å²) in [6.07, 6.45) is 0.797. The molecule has 2 aromatic rings. The van der Waals surface area contributed by atoms with E-state index in [2.05, 4.69) is 0 Å². The lowest BCUT2D eigenvalue weighted by Gasteiger charge is -1.94. The minimum Gasteiger partial charge on any atom is -0.392 e. The van der Waals surface area contributed by atoms with Crippen molar-refractivity contribution < 1.29 is 9.90 Å². The molecule has 0 atom stereocenters. The quantitative estimate of drug-likeness (QED) is 0.800. The van der Waals surface area contributed by atoms with E-state index in [1.54, 1.807) is 12.1 Å². The fraction of sp³-hybridized carbons (Fsp3) is 0.100. The highest BCUT2D eigenvalue weighted by atomic mass is 35.5. The van der Waals surface area contributed by atoms with Crippen LogP contribution in [0.4, 0.5) is 0 Å². The van der Waals surface area contributed by atoms with Gasteiger partial charge in [-0.25, -0.2) is 0 Å². The Kier molecular flexibility index (Phi) is 2.54. The lowest BCUT2D eigenvalue weighted by molar-refractivity contribution is 0.112. The van der Waals surface area contributed by atoms with Crippen LogP contribution in [0, 0.1) is 0 Å². The number of aliphatic hydroxyl groups excluding tert-OH is 1. The molecule has 2 rings (SSSR count). The summed E-state index contributed by atoms with van der Waals surface area (Å²) in [4.78, 5) is 10.5. The zero-order valence-corrected chi connectivity index (χ0v) is 8.73. The molecule has 72 valence electrons. The van der Waals surface area contributed by atoms with Gasteiger partial charge in [-0.05, 0) is 11.5 Å². The van der Waals surface area contributed by atoms with Crippen LogP contribution in [0.25, 0.3) is 10.1 Å². The van der Waals surface area contributed by atoms with Crippen molar-refractivity contribution >= 4 is 39.3 Å². The normalized spacial score (nSPS) is 10.7. The molecule has 0 saturated heterocycles. The Morgan fingerprint density at radius 2 is 2.29 bits per heavy atom. The monoisotopic (exact) mass is 226 g/mol. The Hall–Kier alpha value is -0.900. The first kappa shape index (κ1) is 9.65. The maximum Gasteiger partial charge on any atom is 0.150 e. The van der Waals surface area contributed by atoms with Crippen LogP contribution in [0.15, 0.2) is 18.2 Å². The fourth-order valence-corrected chi connectivity index (χ4v) is 2.76. The van der Waals surface area contributed by atoms with Crippen molar-refractivity contribution in [2.24, 2.45) is 0 Å². The topological polar surface area (TPSA) is 37.3 Å². The molecule has 4 heteroatoms. The second-order valence-corrected chi connectivity index (χ2v) is 4.54. The predicted octanol–water partition coefficient (Wildman–Crippen LogP) is 2.86. The van der Waals surface area contributed by atoms with E-state index in [0.29, 0.717) is 9.90 Å². The number of benzene rings is 1. The summed E-state index contributed by atoms with van der Waals surface area (Å²) in [6.45, 7) is -0.0702. The zero-order chi connectivity index (χ0) is 10.1.